The molecule has 3 heterocycles. The van der Waals surface area contributed by atoms with Gasteiger partial charge in [0, 0.05) is 26.2 Å². The van der Waals surface area contributed by atoms with Gasteiger partial charge >= 0.3 is 0 Å². The highest BCUT2D eigenvalue weighted by molar-refractivity contribution is 5.92. The highest BCUT2D eigenvalue weighted by Gasteiger charge is 2.37. The summed E-state index contributed by atoms with van der Waals surface area (Å²) in [7, 11) is 1.77. The Morgan fingerprint density at radius 2 is 2.00 bits per heavy atom. The summed E-state index contributed by atoms with van der Waals surface area (Å²) < 4.78 is 17.2. The number of amides is 2. The fourth-order valence-electron chi connectivity index (χ4n) is 3.53. The van der Waals surface area contributed by atoms with Crippen LogP contribution in [0.15, 0.2) is 49.1 Å². The molecule has 1 N–H and O–H groups in total. The zero-order valence-corrected chi connectivity index (χ0v) is 16.5. The first-order chi connectivity index (χ1) is 14.5. The number of aryl methyl sites for hydroxylation is 1. The number of aromatic nitrogens is 5. The molecule has 30 heavy (non-hydrogen) atoms. The third kappa shape index (κ3) is 4.37. The van der Waals surface area contributed by atoms with Crippen molar-refractivity contribution in [2.45, 2.75) is 31.7 Å². The van der Waals surface area contributed by atoms with Crippen LogP contribution in [0, 0.1) is 0 Å². The molecule has 0 bridgehead atoms. The number of nitrogens with zero attached hydrogens (tertiary/aromatic N) is 6. The minimum absolute atomic E-state index is 0.0131. The van der Waals surface area contributed by atoms with E-state index in [0.29, 0.717) is 6.54 Å². The van der Waals surface area contributed by atoms with E-state index in [1.54, 1.807) is 17.8 Å². The van der Waals surface area contributed by atoms with Crippen molar-refractivity contribution >= 4 is 11.8 Å². The van der Waals surface area contributed by atoms with Crippen molar-refractivity contribution in [2.24, 2.45) is 7.05 Å². The summed E-state index contributed by atoms with van der Waals surface area (Å²) in [6, 6.07) is 9.14. The summed E-state index contributed by atoms with van der Waals surface area (Å²) in [5.41, 5.74) is 1.42. The van der Waals surface area contributed by atoms with Crippen LogP contribution in [0.4, 0.5) is 4.39 Å². The van der Waals surface area contributed by atoms with E-state index in [0.717, 1.165) is 5.56 Å². The van der Waals surface area contributed by atoms with E-state index in [1.165, 1.54) is 22.1 Å². The number of imidazole rings is 1. The molecule has 4 rings (SSSR count). The quantitative estimate of drug-likeness (QED) is 0.657. The van der Waals surface area contributed by atoms with Crippen LogP contribution in [0.5, 0.6) is 0 Å². The summed E-state index contributed by atoms with van der Waals surface area (Å²) >= 11 is 0. The topological polar surface area (TPSA) is 97.9 Å². The summed E-state index contributed by atoms with van der Waals surface area (Å²) in [5, 5.41) is 10.7. The molecule has 2 aromatic heterocycles. The first-order valence-corrected chi connectivity index (χ1v) is 9.65. The lowest BCUT2D eigenvalue weighted by Crippen LogP contribution is -2.38. The van der Waals surface area contributed by atoms with Crippen LogP contribution in [0.2, 0.25) is 0 Å². The maximum atomic E-state index is 14.1. The second-order valence-corrected chi connectivity index (χ2v) is 7.36. The van der Waals surface area contributed by atoms with E-state index in [-0.39, 0.29) is 42.7 Å². The lowest BCUT2D eigenvalue weighted by Gasteiger charge is -2.23. The maximum absolute atomic E-state index is 14.1. The number of rotatable bonds is 6. The molecule has 2 atom stereocenters. The Labute approximate surface area is 172 Å². The van der Waals surface area contributed by atoms with Gasteiger partial charge in [-0.25, -0.2) is 14.1 Å². The number of carbonyl (C=O) groups excluding carboxylic acids is 2. The zero-order valence-electron chi connectivity index (χ0n) is 16.5. The average Bonchev–Trinajstić information content (AvgIpc) is 3.47. The fraction of sp³-hybridized carbons (Fsp3) is 0.350. The molecule has 1 aliphatic heterocycles. The minimum atomic E-state index is -1.11. The Kier molecular flexibility index (Phi) is 5.55. The number of hydrogen-bond donors (Lipinski definition) is 1. The molecule has 10 heteroatoms. The molecule has 0 spiro atoms. The highest BCUT2D eigenvalue weighted by atomic mass is 19.1. The molecule has 156 valence electrons. The van der Waals surface area contributed by atoms with Crippen LogP contribution in [0.1, 0.15) is 33.0 Å². The number of carbonyl (C=O) groups is 2. The van der Waals surface area contributed by atoms with Gasteiger partial charge in [-0.2, -0.15) is 0 Å². The molecule has 1 saturated heterocycles. The van der Waals surface area contributed by atoms with Gasteiger partial charge in [-0.15, -0.1) is 5.10 Å². The van der Waals surface area contributed by atoms with Crippen molar-refractivity contribution in [1.29, 1.82) is 0 Å². The van der Waals surface area contributed by atoms with Gasteiger partial charge in [0.25, 0.3) is 11.8 Å². The molecule has 3 aromatic rings. The Bertz CT molecular complexity index is 1030. The molecule has 2 amide bonds. The Balaban J connectivity index is 1.39. The van der Waals surface area contributed by atoms with E-state index in [1.807, 2.05) is 30.3 Å². The van der Waals surface area contributed by atoms with Gasteiger partial charge in [-0.3, -0.25) is 9.59 Å². The van der Waals surface area contributed by atoms with Crippen LogP contribution in [-0.2, 0) is 20.1 Å². The van der Waals surface area contributed by atoms with Gasteiger partial charge in [0.2, 0.25) is 0 Å². The molecule has 0 saturated carbocycles. The number of hydrogen-bond acceptors (Lipinski definition) is 5. The van der Waals surface area contributed by atoms with Gasteiger partial charge < -0.3 is 14.8 Å². The monoisotopic (exact) mass is 411 g/mol. The van der Waals surface area contributed by atoms with Gasteiger partial charge in [0.15, 0.2) is 5.69 Å². The number of halogens is 1. The molecule has 0 radical (unpaired) electrons. The number of alkyl halides is 1. The first kappa shape index (κ1) is 19.7. The van der Waals surface area contributed by atoms with Crippen molar-refractivity contribution in [1.82, 2.24) is 34.8 Å². The lowest BCUT2D eigenvalue weighted by atomic mass is 10.2. The van der Waals surface area contributed by atoms with Crippen molar-refractivity contribution in [3.8, 4) is 0 Å². The SMILES string of the molecule is Cn1cnc(C(=O)N2C[C@@H](F)C[C@H]2Cn2cc(C(=O)NCc3ccccc3)nn2)c1. The third-order valence-electron chi connectivity index (χ3n) is 5.01. The molecule has 1 aliphatic rings. The van der Waals surface area contributed by atoms with E-state index >= 15 is 0 Å². The van der Waals surface area contributed by atoms with Gasteiger partial charge in [0.1, 0.15) is 11.9 Å². The van der Waals surface area contributed by atoms with E-state index in [2.05, 4.69) is 20.6 Å². The lowest BCUT2D eigenvalue weighted by molar-refractivity contribution is 0.0708. The first-order valence-electron chi connectivity index (χ1n) is 9.65. The number of nitrogens with one attached hydrogen (secondary N) is 1. The smallest absolute Gasteiger partial charge is 0.274 e. The van der Waals surface area contributed by atoms with Crippen LogP contribution < -0.4 is 5.32 Å². The Morgan fingerprint density at radius 3 is 2.73 bits per heavy atom. The molecular formula is C20H22FN7O2. The third-order valence-corrected chi connectivity index (χ3v) is 5.01. The standard InChI is InChI=1S/C20H22FN7O2/c1-26-11-18(23-13-26)20(30)28-9-15(21)7-16(28)10-27-12-17(24-25-27)19(29)22-8-14-5-3-2-4-6-14/h2-6,11-13,15-16H,7-10H2,1H3,(H,22,29)/t15-,16-/m0/s1. The molecule has 1 aromatic carbocycles. The summed E-state index contributed by atoms with van der Waals surface area (Å²) in [6.07, 6.45) is 3.74. The van der Waals surface area contributed by atoms with E-state index in [9.17, 15) is 14.0 Å². The summed E-state index contributed by atoms with van der Waals surface area (Å²) in [4.78, 5) is 30.6. The minimum Gasteiger partial charge on any atom is -0.347 e. The zero-order chi connectivity index (χ0) is 21.1. The molecule has 9 nitrogen and oxygen atoms in total. The van der Waals surface area contributed by atoms with Crippen molar-refractivity contribution < 1.29 is 14.0 Å². The van der Waals surface area contributed by atoms with Gasteiger partial charge in [0.05, 0.1) is 31.7 Å². The van der Waals surface area contributed by atoms with Crippen molar-refractivity contribution in [3.05, 3.63) is 66.0 Å². The highest BCUT2D eigenvalue weighted by Crippen LogP contribution is 2.23. The number of benzene rings is 1. The van der Waals surface area contributed by atoms with Crippen molar-refractivity contribution in [2.75, 3.05) is 6.54 Å². The fourth-order valence-corrected chi connectivity index (χ4v) is 3.53. The van der Waals surface area contributed by atoms with Crippen LogP contribution in [-0.4, -0.2) is 60.0 Å². The maximum Gasteiger partial charge on any atom is 0.274 e. The second kappa shape index (κ2) is 8.44. The van der Waals surface area contributed by atoms with Crippen LogP contribution >= 0.6 is 0 Å². The molecule has 1 fully saturated rings. The number of likely N-dealkylation sites (tertiary alicyclic amines) is 1. The Hall–Kier alpha value is -3.56. The van der Waals surface area contributed by atoms with Crippen molar-refractivity contribution in [3.63, 3.8) is 0 Å². The molecule has 0 unspecified atom stereocenters. The van der Waals surface area contributed by atoms with Crippen LogP contribution in [0.25, 0.3) is 0 Å². The summed E-state index contributed by atoms with van der Waals surface area (Å²) in [5.74, 6) is -0.664. The largest absolute Gasteiger partial charge is 0.347 e. The predicted octanol–water partition coefficient (Wildman–Crippen LogP) is 1.19. The summed E-state index contributed by atoms with van der Waals surface area (Å²) in [6.45, 7) is 0.641. The van der Waals surface area contributed by atoms with Gasteiger partial charge in [-0.1, -0.05) is 35.5 Å². The van der Waals surface area contributed by atoms with Gasteiger partial charge in [-0.05, 0) is 5.56 Å². The Morgan fingerprint density at radius 1 is 1.20 bits per heavy atom. The van der Waals surface area contributed by atoms with Crippen LogP contribution in [0.3, 0.4) is 0 Å². The average molecular weight is 411 g/mol. The molecule has 0 aliphatic carbocycles. The predicted molar refractivity (Wildman–Crippen MR) is 105 cm³/mol. The van der Waals surface area contributed by atoms with E-state index in [4.69, 9.17) is 0 Å². The van der Waals surface area contributed by atoms with E-state index < -0.39 is 12.2 Å². The molecular weight excluding hydrogens is 389 g/mol. The second-order valence-electron chi connectivity index (χ2n) is 7.36. The normalized spacial score (nSPS) is 18.5.